The zero-order valence-electron chi connectivity index (χ0n) is 15.4. The fourth-order valence-electron chi connectivity index (χ4n) is 3.35. The summed E-state index contributed by atoms with van der Waals surface area (Å²) in [5.74, 6) is 0.310. The van der Waals surface area contributed by atoms with E-state index in [4.69, 9.17) is 0 Å². The molecule has 0 bridgehead atoms. The Balaban J connectivity index is 4.97. The molecule has 0 saturated heterocycles. The molecular weight excluding hydrogens is 363 g/mol. The van der Waals surface area contributed by atoms with Crippen molar-refractivity contribution in [1.29, 1.82) is 0 Å². The molecule has 0 rings (SSSR count). The van der Waals surface area contributed by atoms with Crippen LogP contribution in [0.2, 0.25) is 17.7 Å². The Kier molecular flexibility index (Phi) is 12.3. The monoisotopic (exact) mass is 404 g/mol. The van der Waals surface area contributed by atoms with Gasteiger partial charge in [0.05, 0.1) is 0 Å². The number of hydrogen-bond donors (Lipinski definition) is 1. The van der Waals surface area contributed by atoms with Crippen LogP contribution < -0.4 is 0 Å². The molecule has 0 aromatic heterocycles. The molecule has 2 heteroatoms. The van der Waals surface area contributed by atoms with Crippen LogP contribution in [-0.2, 0) is 0 Å². The van der Waals surface area contributed by atoms with Crippen LogP contribution in [0.15, 0.2) is 12.2 Å². The van der Waals surface area contributed by atoms with Gasteiger partial charge >= 0.3 is 139 Å². The zero-order valence-corrected chi connectivity index (χ0v) is 18.2. The van der Waals surface area contributed by atoms with Crippen LogP contribution in [0, 0.1) is 5.92 Å². The number of aliphatic hydroxyl groups is 1. The SMILES string of the molecule is C=C([CH2][Sn]([CH2]CCC)([CH2]CCC)[CH2]CCC)C(O)C(C)C. The summed E-state index contributed by atoms with van der Waals surface area (Å²) >= 11 is -2.15. The van der Waals surface area contributed by atoms with Crippen molar-refractivity contribution in [3.63, 3.8) is 0 Å². The molecule has 0 aromatic carbocycles. The Bertz CT molecular complexity index is 251. The third kappa shape index (κ3) is 8.64. The average molecular weight is 403 g/mol. The number of rotatable bonds is 13. The molecule has 21 heavy (non-hydrogen) atoms. The first kappa shape index (κ1) is 21.5. The summed E-state index contributed by atoms with van der Waals surface area (Å²) in [4.78, 5) is 0. The van der Waals surface area contributed by atoms with Crippen molar-refractivity contribution >= 4 is 18.4 Å². The Morgan fingerprint density at radius 1 is 0.905 bits per heavy atom. The van der Waals surface area contributed by atoms with E-state index >= 15 is 0 Å². The van der Waals surface area contributed by atoms with Crippen LogP contribution in [-0.4, -0.2) is 29.6 Å². The van der Waals surface area contributed by atoms with Gasteiger partial charge in [-0.1, -0.05) is 0 Å². The van der Waals surface area contributed by atoms with Gasteiger partial charge in [-0.15, -0.1) is 0 Å². The second-order valence-electron chi connectivity index (χ2n) is 7.33. The average Bonchev–Trinajstić information content (AvgIpc) is 2.47. The second kappa shape index (κ2) is 12.0. The van der Waals surface area contributed by atoms with E-state index in [1.54, 1.807) is 0 Å². The molecule has 0 amide bonds. The summed E-state index contributed by atoms with van der Waals surface area (Å²) in [6.45, 7) is 15.4. The Morgan fingerprint density at radius 3 is 1.57 bits per heavy atom. The quantitative estimate of drug-likeness (QED) is 0.278. The van der Waals surface area contributed by atoms with Crippen molar-refractivity contribution in [1.82, 2.24) is 0 Å². The predicted octanol–water partition coefficient (Wildman–Crippen LogP) is 6.41. The van der Waals surface area contributed by atoms with E-state index in [1.807, 2.05) is 0 Å². The number of aliphatic hydroxyl groups excluding tert-OH is 1. The van der Waals surface area contributed by atoms with Crippen molar-refractivity contribution in [2.24, 2.45) is 5.92 Å². The van der Waals surface area contributed by atoms with Crippen LogP contribution >= 0.6 is 0 Å². The molecule has 0 aliphatic heterocycles. The van der Waals surface area contributed by atoms with Gasteiger partial charge in [0.25, 0.3) is 0 Å². The third-order valence-corrected chi connectivity index (χ3v) is 20.4. The second-order valence-corrected chi connectivity index (χ2v) is 21.2. The van der Waals surface area contributed by atoms with Crippen molar-refractivity contribution in [3.8, 4) is 0 Å². The molecule has 0 saturated carbocycles. The van der Waals surface area contributed by atoms with E-state index in [-0.39, 0.29) is 6.10 Å². The van der Waals surface area contributed by atoms with Gasteiger partial charge in [0.2, 0.25) is 0 Å². The fraction of sp³-hybridized carbons (Fsp3) is 0.895. The Hall–Kier alpha value is 0.499. The first-order valence-corrected chi connectivity index (χ1v) is 17.4. The molecule has 126 valence electrons. The van der Waals surface area contributed by atoms with Gasteiger partial charge in [0, 0.05) is 0 Å². The van der Waals surface area contributed by atoms with Gasteiger partial charge in [-0.05, 0) is 0 Å². The summed E-state index contributed by atoms with van der Waals surface area (Å²) in [6, 6.07) is 0. The summed E-state index contributed by atoms with van der Waals surface area (Å²) in [7, 11) is 0. The molecule has 1 unspecified atom stereocenters. The molecule has 0 aliphatic rings. The van der Waals surface area contributed by atoms with Crippen molar-refractivity contribution in [2.75, 3.05) is 0 Å². The first-order valence-electron chi connectivity index (χ1n) is 9.28. The summed E-state index contributed by atoms with van der Waals surface area (Å²) in [6.07, 6.45) is 7.85. The van der Waals surface area contributed by atoms with Crippen LogP contribution in [0.4, 0.5) is 0 Å². The maximum absolute atomic E-state index is 10.4. The van der Waals surface area contributed by atoms with Gasteiger partial charge in [-0.3, -0.25) is 0 Å². The third-order valence-electron chi connectivity index (χ3n) is 4.83. The molecule has 0 aromatic rings. The Labute approximate surface area is 138 Å². The van der Waals surface area contributed by atoms with Crippen LogP contribution in [0.1, 0.15) is 73.1 Å². The summed E-state index contributed by atoms with van der Waals surface area (Å²) in [5, 5.41) is 10.4. The van der Waals surface area contributed by atoms with Crippen LogP contribution in [0.5, 0.6) is 0 Å². The van der Waals surface area contributed by atoms with E-state index < -0.39 is 18.4 Å². The number of hydrogen-bond acceptors (Lipinski definition) is 1. The van der Waals surface area contributed by atoms with Gasteiger partial charge < -0.3 is 0 Å². The van der Waals surface area contributed by atoms with E-state index in [1.165, 1.54) is 56.3 Å². The fourth-order valence-corrected chi connectivity index (χ4v) is 19.8. The van der Waals surface area contributed by atoms with Crippen LogP contribution in [0.25, 0.3) is 0 Å². The minimum absolute atomic E-state index is 0.286. The van der Waals surface area contributed by atoms with Gasteiger partial charge in [-0.25, -0.2) is 0 Å². The molecule has 0 heterocycles. The molecule has 0 spiro atoms. The summed E-state index contributed by atoms with van der Waals surface area (Å²) < 4.78 is 5.76. The van der Waals surface area contributed by atoms with Crippen molar-refractivity contribution in [2.45, 2.75) is 97.0 Å². The minimum atomic E-state index is -2.15. The van der Waals surface area contributed by atoms with E-state index in [2.05, 4.69) is 41.2 Å². The standard InChI is InChI=1S/C7H13O.3C4H9.Sn/c1-5(2)7(8)6(3)4;3*1-3-4-2;/h6-8H,1-2H2,3-4H3;3*1,3-4H2,2H3;. The molecule has 0 radical (unpaired) electrons. The maximum atomic E-state index is 10.4. The van der Waals surface area contributed by atoms with E-state index in [9.17, 15) is 5.11 Å². The van der Waals surface area contributed by atoms with E-state index in [0.29, 0.717) is 5.92 Å². The van der Waals surface area contributed by atoms with Gasteiger partial charge in [0.1, 0.15) is 0 Å². The predicted molar refractivity (Wildman–Crippen MR) is 99.7 cm³/mol. The molecule has 0 aliphatic carbocycles. The molecule has 0 fully saturated rings. The van der Waals surface area contributed by atoms with E-state index in [0.717, 1.165) is 5.57 Å². The molecule has 1 nitrogen and oxygen atoms in total. The van der Waals surface area contributed by atoms with Crippen molar-refractivity contribution < 1.29 is 5.11 Å². The first-order chi connectivity index (χ1) is 9.92. The Morgan fingerprint density at radius 2 is 1.29 bits per heavy atom. The molecule has 1 atom stereocenters. The van der Waals surface area contributed by atoms with Gasteiger partial charge in [0.15, 0.2) is 0 Å². The topological polar surface area (TPSA) is 20.2 Å². The normalized spacial score (nSPS) is 13.7. The van der Waals surface area contributed by atoms with Gasteiger partial charge in [-0.2, -0.15) is 0 Å². The zero-order chi connectivity index (χ0) is 16.3. The number of unbranched alkanes of at least 4 members (excludes halogenated alkanes) is 3. The van der Waals surface area contributed by atoms with Crippen molar-refractivity contribution in [3.05, 3.63) is 12.2 Å². The molecule has 1 N–H and O–H groups in total. The van der Waals surface area contributed by atoms with Crippen LogP contribution in [0.3, 0.4) is 0 Å². The molecular formula is C19H40OSn. The summed E-state index contributed by atoms with van der Waals surface area (Å²) in [5.41, 5.74) is 1.16.